The van der Waals surface area contributed by atoms with Crippen molar-refractivity contribution >= 4 is 11.7 Å². The fourth-order valence-electron chi connectivity index (χ4n) is 3.69. The molecule has 1 aromatic heterocycles. The molecule has 4 nitrogen and oxygen atoms in total. The highest BCUT2D eigenvalue weighted by Gasteiger charge is 2.12. The molecule has 0 fully saturated rings. The Morgan fingerprint density at radius 2 is 1.59 bits per heavy atom. The summed E-state index contributed by atoms with van der Waals surface area (Å²) in [7, 11) is 1.67. The number of aromatic nitrogens is 1. The summed E-state index contributed by atoms with van der Waals surface area (Å²) in [5.74, 6) is -0.301. The van der Waals surface area contributed by atoms with Gasteiger partial charge in [0.05, 0.1) is 0 Å². The molecule has 0 saturated carbocycles. The van der Waals surface area contributed by atoms with Gasteiger partial charge in [-0.15, -0.1) is 0 Å². The maximum absolute atomic E-state index is 14.6. The highest BCUT2D eigenvalue weighted by atomic mass is 19.1. The van der Waals surface area contributed by atoms with E-state index in [2.05, 4.69) is 4.98 Å². The molecule has 0 unspecified atom stereocenters. The number of ketones is 1. The fourth-order valence-corrected chi connectivity index (χ4v) is 3.69. The summed E-state index contributed by atoms with van der Waals surface area (Å²) in [5, 5.41) is 0. The third-order valence-electron chi connectivity index (χ3n) is 5.68. The Morgan fingerprint density at radius 1 is 0.938 bits per heavy atom. The number of pyridine rings is 1. The Hall–Kier alpha value is -3.34. The normalized spacial score (nSPS) is 10.8. The Kier molecular flexibility index (Phi) is 7.52. The number of rotatable bonds is 8. The first-order valence-corrected chi connectivity index (χ1v) is 10.9. The van der Waals surface area contributed by atoms with Gasteiger partial charge in [0.2, 0.25) is 5.91 Å². The number of aryl methyl sites for hydroxylation is 3. The first-order chi connectivity index (χ1) is 15.3. The number of amides is 1. The molecule has 1 amide bonds. The van der Waals surface area contributed by atoms with Crippen LogP contribution in [0.1, 0.15) is 52.6 Å². The van der Waals surface area contributed by atoms with Crippen LogP contribution in [0.3, 0.4) is 0 Å². The van der Waals surface area contributed by atoms with Crippen LogP contribution >= 0.6 is 0 Å². The van der Waals surface area contributed by atoms with Crippen LogP contribution < -0.4 is 0 Å². The van der Waals surface area contributed by atoms with E-state index in [9.17, 15) is 14.0 Å². The van der Waals surface area contributed by atoms with Crippen LogP contribution in [-0.2, 0) is 17.8 Å². The molecule has 0 aliphatic heterocycles. The molecule has 3 aromatic rings. The van der Waals surface area contributed by atoms with Crippen LogP contribution in [0, 0.1) is 19.7 Å². The second kappa shape index (κ2) is 10.3. The van der Waals surface area contributed by atoms with Gasteiger partial charge < -0.3 is 4.90 Å². The average Bonchev–Trinajstić information content (AvgIpc) is 2.79. The molecule has 2 aromatic carbocycles. The van der Waals surface area contributed by atoms with E-state index in [1.54, 1.807) is 32.2 Å². The van der Waals surface area contributed by atoms with Crippen LogP contribution in [0.5, 0.6) is 0 Å². The lowest BCUT2D eigenvalue weighted by Gasteiger charge is -2.17. The van der Waals surface area contributed by atoms with Crippen molar-refractivity contribution in [2.75, 3.05) is 7.05 Å². The van der Waals surface area contributed by atoms with Crippen LogP contribution in [0.15, 0.2) is 54.6 Å². The number of carbonyl (C=O) groups excluding carboxylic acids is 2. The largest absolute Gasteiger partial charge is 0.341 e. The zero-order chi connectivity index (χ0) is 23.3. The Labute approximate surface area is 189 Å². The third kappa shape index (κ3) is 5.67. The molecule has 0 bridgehead atoms. The first kappa shape index (κ1) is 23.3. The molecular weight excluding hydrogens is 403 g/mol. The topological polar surface area (TPSA) is 50.3 Å². The summed E-state index contributed by atoms with van der Waals surface area (Å²) in [5.41, 5.74) is 5.71. The van der Waals surface area contributed by atoms with Gasteiger partial charge in [-0.2, -0.15) is 0 Å². The van der Waals surface area contributed by atoms with E-state index in [0.717, 1.165) is 28.1 Å². The zero-order valence-electron chi connectivity index (χ0n) is 19.1. The van der Waals surface area contributed by atoms with Crippen molar-refractivity contribution in [2.45, 2.75) is 46.6 Å². The van der Waals surface area contributed by atoms with Crippen molar-refractivity contribution in [3.63, 3.8) is 0 Å². The summed E-state index contributed by atoms with van der Waals surface area (Å²) >= 11 is 0. The molecule has 0 aliphatic rings. The number of nitrogens with zero attached hydrogens (tertiary/aromatic N) is 2. The SMILES string of the molecule is CCC(=O)N(C)Cc1ccc(-c2ccc(C(=O)CCc3ccc(C)nc3C)cc2)cc1F. The van der Waals surface area contributed by atoms with Crippen LogP contribution in [0.25, 0.3) is 11.1 Å². The molecule has 0 N–H and O–H groups in total. The van der Waals surface area contributed by atoms with Crippen LogP contribution in [0.2, 0.25) is 0 Å². The highest BCUT2D eigenvalue weighted by Crippen LogP contribution is 2.24. The quantitative estimate of drug-likeness (QED) is 0.430. The van der Waals surface area contributed by atoms with Gasteiger partial charge >= 0.3 is 0 Å². The van der Waals surface area contributed by atoms with E-state index in [-0.39, 0.29) is 24.1 Å². The predicted molar refractivity (Wildman–Crippen MR) is 125 cm³/mol. The van der Waals surface area contributed by atoms with Gasteiger partial charge in [-0.1, -0.05) is 49.4 Å². The monoisotopic (exact) mass is 432 g/mol. The lowest BCUT2D eigenvalue weighted by Crippen LogP contribution is -2.25. The van der Waals surface area contributed by atoms with Gasteiger partial charge in [0.25, 0.3) is 0 Å². The van der Waals surface area contributed by atoms with Gasteiger partial charge in [0.15, 0.2) is 5.78 Å². The molecule has 3 rings (SSSR count). The minimum atomic E-state index is -0.347. The third-order valence-corrected chi connectivity index (χ3v) is 5.68. The van der Waals surface area contributed by atoms with Crippen LogP contribution in [0.4, 0.5) is 4.39 Å². The van der Waals surface area contributed by atoms with E-state index in [0.29, 0.717) is 30.4 Å². The van der Waals surface area contributed by atoms with Crippen molar-refractivity contribution in [3.05, 3.63) is 88.5 Å². The molecule has 0 saturated heterocycles. The van der Waals surface area contributed by atoms with E-state index < -0.39 is 0 Å². The Balaban J connectivity index is 1.66. The van der Waals surface area contributed by atoms with Crippen molar-refractivity contribution in [1.82, 2.24) is 9.88 Å². The number of Topliss-reactive ketones (excluding diaryl/α,β-unsaturated/α-hetero) is 1. The number of benzene rings is 2. The average molecular weight is 433 g/mol. The Bertz CT molecular complexity index is 1120. The van der Waals surface area contributed by atoms with Gasteiger partial charge in [0.1, 0.15) is 5.82 Å². The second-order valence-electron chi connectivity index (χ2n) is 8.11. The number of halogens is 1. The molecule has 5 heteroatoms. The van der Waals surface area contributed by atoms with E-state index in [4.69, 9.17) is 0 Å². The highest BCUT2D eigenvalue weighted by molar-refractivity contribution is 5.96. The summed E-state index contributed by atoms with van der Waals surface area (Å²) in [4.78, 5) is 30.3. The van der Waals surface area contributed by atoms with E-state index in [1.165, 1.54) is 11.0 Å². The molecule has 0 spiro atoms. The minimum Gasteiger partial charge on any atom is -0.341 e. The molecule has 32 heavy (non-hydrogen) atoms. The molecule has 1 heterocycles. The number of hydrogen-bond acceptors (Lipinski definition) is 3. The van der Waals surface area contributed by atoms with Crippen molar-refractivity contribution < 1.29 is 14.0 Å². The van der Waals surface area contributed by atoms with E-state index in [1.807, 2.05) is 44.2 Å². The molecule has 166 valence electrons. The first-order valence-electron chi connectivity index (χ1n) is 10.9. The summed E-state index contributed by atoms with van der Waals surface area (Å²) in [6, 6.07) is 16.3. The zero-order valence-corrected chi connectivity index (χ0v) is 19.1. The minimum absolute atomic E-state index is 0.0254. The molecule has 0 radical (unpaired) electrons. The van der Waals surface area contributed by atoms with Crippen molar-refractivity contribution in [1.29, 1.82) is 0 Å². The smallest absolute Gasteiger partial charge is 0.222 e. The van der Waals surface area contributed by atoms with Gasteiger partial charge in [-0.05, 0) is 49.1 Å². The van der Waals surface area contributed by atoms with Gasteiger partial charge in [-0.3, -0.25) is 14.6 Å². The lowest BCUT2D eigenvalue weighted by molar-refractivity contribution is -0.130. The number of carbonyl (C=O) groups is 2. The van der Waals surface area contributed by atoms with Crippen LogP contribution in [-0.4, -0.2) is 28.6 Å². The standard InChI is InChI=1S/C27H29FN2O2/c1-5-27(32)30(4)17-24-13-12-23(16-25(24)28)21-8-10-22(11-9-21)26(31)15-14-20-7-6-18(2)29-19(20)3/h6-13,16H,5,14-15,17H2,1-4H3. The maximum Gasteiger partial charge on any atom is 0.222 e. The van der Waals surface area contributed by atoms with Crippen molar-refractivity contribution in [3.8, 4) is 11.1 Å². The summed E-state index contributed by atoms with van der Waals surface area (Å²) in [6.07, 6.45) is 1.46. The summed E-state index contributed by atoms with van der Waals surface area (Å²) in [6.45, 7) is 5.94. The van der Waals surface area contributed by atoms with E-state index >= 15 is 0 Å². The van der Waals surface area contributed by atoms with Crippen molar-refractivity contribution in [2.24, 2.45) is 0 Å². The summed E-state index contributed by atoms with van der Waals surface area (Å²) < 4.78 is 14.6. The molecule has 0 atom stereocenters. The van der Waals surface area contributed by atoms with Gasteiger partial charge in [0, 0.05) is 48.9 Å². The van der Waals surface area contributed by atoms with Gasteiger partial charge in [-0.25, -0.2) is 4.39 Å². The molecular formula is C27H29FN2O2. The lowest BCUT2D eigenvalue weighted by atomic mass is 9.98. The Morgan fingerprint density at radius 3 is 2.22 bits per heavy atom. The maximum atomic E-state index is 14.6. The predicted octanol–water partition coefficient (Wildman–Crippen LogP) is 5.69. The fraction of sp³-hybridized carbons (Fsp3) is 0.296. The second-order valence-corrected chi connectivity index (χ2v) is 8.11. The number of hydrogen-bond donors (Lipinski definition) is 0. The molecule has 0 aliphatic carbocycles.